The average molecular weight is 561 g/mol. The van der Waals surface area contributed by atoms with Crippen molar-refractivity contribution in [2.24, 2.45) is 5.41 Å². The van der Waals surface area contributed by atoms with Gasteiger partial charge in [-0.25, -0.2) is 19.9 Å². The van der Waals surface area contributed by atoms with Crippen LogP contribution in [-0.4, -0.2) is 68.8 Å². The molecule has 4 aromatic rings. The third-order valence-corrected chi connectivity index (χ3v) is 7.06. The summed E-state index contributed by atoms with van der Waals surface area (Å²) in [4.78, 5) is 23.0. The average Bonchev–Trinajstić information content (AvgIpc) is 3.62. The summed E-state index contributed by atoms with van der Waals surface area (Å²) in [6.45, 7) is 4.46. The fourth-order valence-corrected chi connectivity index (χ4v) is 4.57. The Labute approximate surface area is 229 Å². The minimum Gasteiger partial charge on any atom is -0.477 e. The van der Waals surface area contributed by atoms with Gasteiger partial charge in [0.25, 0.3) is 0 Å². The summed E-state index contributed by atoms with van der Waals surface area (Å²) < 4.78 is 45.1. The fourth-order valence-electron chi connectivity index (χ4n) is 4.57. The van der Waals surface area contributed by atoms with E-state index in [1.165, 1.54) is 11.9 Å². The summed E-state index contributed by atoms with van der Waals surface area (Å²) in [5, 5.41) is 6.61. The summed E-state index contributed by atoms with van der Waals surface area (Å²) in [6.07, 6.45) is -1.03. The molecule has 0 spiro atoms. The number of aromatic amines is 1. The lowest BCUT2D eigenvalue weighted by Crippen LogP contribution is -2.42. The molecule has 1 aliphatic carbocycles. The normalized spacial score (nSPS) is 17.0. The highest BCUT2D eigenvalue weighted by Crippen LogP contribution is 2.57. The van der Waals surface area contributed by atoms with Crippen molar-refractivity contribution in [2.45, 2.75) is 25.6 Å². The Hall–Kier alpha value is -3.48. The van der Waals surface area contributed by atoms with Gasteiger partial charge >= 0.3 is 6.18 Å². The molecule has 4 heterocycles. The van der Waals surface area contributed by atoms with Crippen LogP contribution in [0.1, 0.15) is 18.4 Å². The minimum atomic E-state index is -4.28. The zero-order chi connectivity index (χ0) is 26.2. The Morgan fingerprint density at radius 1 is 1.03 bits per heavy atom. The van der Waals surface area contributed by atoms with Crippen LogP contribution in [0, 0.1) is 5.41 Å². The second-order valence-electron chi connectivity index (χ2n) is 9.83. The maximum absolute atomic E-state index is 13.2. The number of rotatable bonds is 8. The van der Waals surface area contributed by atoms with E-state index in [4.69, 9.17) is 4.74 Å². The van der Waals surface area contributed by atoms with Crippen molar-refractivity contribution in [1.82, 2.24) is 35.1 Å². The molecule has 1 saturated carbocycles. The number of pyridine rings is 1. The Balaban J connectivity index is 0.00000308. The number of hydrogen-bond donors (Lipinski definition) is 3. The number of nitrogens with zero attached hydrogens (tertiary/aromatic N) is 5. The molecule has 3 N–H and O–H groups in total. The van der Waals surface area contributed by atoms with Crippen LogP contribution < -0.4 is 15.4 Å². The Kier molecular flexibility index (Phi) is 7.61. The van der Waals surface area contributed by atoms with Gasteiger partial charge in [-0.15, -0.1) is 12.4 Å². The molecule has 0 unspecified atom stereocenters. The predicted octanol–water partition coefficient (Wildman–Crippen LogP) is 4.71. The maximum atomic E-state index is 13.2. The quantitative estimate of drug-likeness (QED) is 0.285. The molecule has 1 aliphatic heterocycles. The predicted molar refractivity (Wildman–Crippen MR) is 143 cm³/mol. The lowest BCUT2D eigenvalue weighted by atomic mass is 10.1. The van der Waals surface area contributed by atoms with Crippen LogP contribution in [0.4, 0.5) is 24.9 Å². The van der Waals surface area contributed by atoms with Crippen LogP contribution in [0.3, 0.4) is 0 Å². The van der Waals surface area contributed by atoms with Gasteiger partial charge in [-0.1, -0.05) is 6.07 Å². The molecule has 2 fully saturated rings. The van der Waals surface area contributed by atoms with Gasteiger partial charge in [0.1, 0.15) is 24.2 Å². The van der Waals surface area contributed by atoms with Crippen molar-refractivity contribution in [3.05, 3.63) is 54.5 Å². The number of imidazole rings is 1. The SMILES string of the molecule is Cl.FC(F)(F)C1(COc2cc(-c3ccc4nc(Nc5cc(CN6CCNCC6)ccn5)[nH]c4c3)ncn2)CC1. The number of fused-ring (bicyclic) bond motifs is 1. The molecule has 0 amide bonds. The van der Waals surface area contributed by atoms with E-state index in [1.807, 2.05) is 30.3 Å². The zero-order valence-corrected chi connectivity index (χ0v) is 21.8. The summed E-state index contributed by atoms with van der Waals surface area (Å²) in [7, 11) is 0. The number of hydrogen-bond acceptors (Lipinski definition) is 8. The number of alkyl halides is 3. The van der Waals surface area contributed by atoms with Crippen LogP contribution in [0.5, 0.6) is 5.88 Å². The lowest BCUT2D eigenvalue weighted by molar-refractivity contribution is -0.194. The van der Waals surface area contributed by atoms with Gasteiger partial charge in [0.05, 0.1) is 16.7 Å². The first-order valence-electron chi connectivity index (χ1n) is 12.5. The van der Waals surface area contributed by atoms with E-state index in [-0.39, 0.29) is 31.1 Å². The second-order valence-corrected chi connectivity index (χ2v) is 9.83. The van der Waals surface area contributed by atoms with E-state index >= 15 is 0 Å². The summed E-state index contributed by atoms with van der Waals surface area (Å²) in [5.41, 5.74) is 2.24. The minimum absolute atomic E-state index is 0. The van der Waals surface area contributed by atoms with Crippen molar-refractivity contribution in [3.8, 4) is 17.1 Å². The van der Waals surface area contributed by atoms with E-state index in [0.29, 0.717) is 17.5 Å². The number of aromatic nitrogens is 5. The molecule has 0 radical (unpaired) electrons. The van der Waals surface area contributed by atoms with Crippen molar-refractivity contribution in [1.29, 1.82) is 0 Å². The van der Waals surface area contributed by atoms with Crippen LogP contribution >= 0.6 is 12.4 Å². The van der Waals surface area contributed by atoms with Crippen molar-refractivity contribution < 1.29 is 17.9 Å². The van der Waals surface area contributed by atoms with Gasteiger partial charge in [-0.2, -0.15) is 13.2 Å². The Morgan fingerprint density at radius 2 is 1.85 bits per heavy atom. The number of H-pyrrole nitrogens is 1. The first-order chi connectivity index (χ1) is 18.4. The van der Waals surface area contributed by atoms with Gasteiger partial charge in [-0.3, -0.25) is 4.90 Å². The van der Waals surface area contributed by atoms with E-state index in [0.717, 1.165) is 49.3 Å². The summed E-state index contributed by atoms with van der Waals surface area (Å²) >= 11 is 0. The highest BCUT2D eigenvalue weighted by molar-refractivity contribution is 5.85. The first-order valence-corrected chi connectivity index (χ1v) is 12.5. The highest BCUT2D eigenvalue weighted by Gasteiger charge is 2.64. The molecule has 0 atom stereocenters. The molecule has 206 valence electrons. The molecule has 39 heavy (non-hydrogen) atoms. The number of ether oxygens (including phenoxy) is 1. The molecule has 1 saturated heterocycles. The summed E-state index contributed by atoms with van der Waals surface area (Å²) in [5.74, 6) is 1.36. The van der Waals surface area contributed by atoms with E-state index in [1.54, 1.807) is 12.3 Å². The number of halogens is 4. The van der Waals surface area contributed by atoms with Gasteiger partial charge in [0.15, 0.2) is 0 Å². The van der Waals surface area contributed by atoms with Gasteiger partial charge in [0, 0.05) is 50.6 Å². The van der Waals surface area contributed by atoms with Crippen molar-refractivity contribution in [2.75, 3.05) is 38.1 Å². The van der Waals surface area contributed by atoms with Crippen molar-refractivity contribution in [3.63, 3.8) is 0 Å². The van der Waals surface area contributed by atoms with Crippen LogP contribution in [-0.2, 0) is 6.54 Å². The number of anilines is 2. The number of piperazine rings is 1. The molecule has 2 aliphatic rings. The van der Waals surface area contributed by atoms with E-state index in [9.17, 15) is 13.2 Å². The molecule has 6 rings (SSSR count). The Morgan fingerprint density at radius 3 is 2.62 bits per heavy atom. The standard InChI is InChI=1S/C26H27F3N8O.ClH/c27-26(28,29)25(4-5-25)15-38-23-13-20(32-16-33-23)18-1-2-19-21(12-18)35-24(34-19)36-22-11-17(3-6-31-22)14-37-9-7-30-8-10-37;/h1-3,6,11-13,16,30H,4-5,7-10,14-15H2,(H2,31,34,35,36);1H. The van der Waals surface area contributed by atoms with Crippen LogP contribution in [0.25, 0.3) is 22.3 Å². The van der Waals surface area contributed by atoms with Gasteiger partial charge in [0.2, 0.25) is 11.8 Å². The van der Waals surface area contributed by atoms with Gasteiger partial charge < -0.3 is 20.4 Å². The molecular formula is C26H28ClF3N8O. The van der Waals surface area contributed by atoms with Gasteiger partial charge in [-0.05, 0) is 42.7 Å². The monoisotopic (exact) mass is 560 g/mol. The second kappa shape index (κ2) is 10.9. The molecule has 9 nitrogen and oxygen atoms in total. The third-order valence-electron chi connectivity index (χ3n) is 7.06. The summed E-state index contributed by atoms with van der Waals surface area (Å²) in [6, 6.07) is 11.2. The molecule has 3 aromatic heterocycles. The first kappa shape index (κ1) is 27.1. The third kappa shape index (κ3) is 6.07. The van der Waals surface area contributed by atoms with E-state index in [2.05, 4.69) is 40.5 Å². The fraction of sp³-hybridized carbons (Fsp3) is 0.385. The largest absolute Gasteiger partial charge is 0.477 e. The number of nitrogens with one attached hydrogen (secondary N) is 3. The van der Waals surface area contributed by atoms with Crippen molar-refractivity contribution >= 4 is 35.2 Å². The molecular weight excluding hydrogens is 533 g/mol. The zero-order valence-electron chi connectivity index (χ0n) is 21.0. The number of benzene rings is 1. The maximum Gasteiger partial charge on any atom is 0.397 e. The van der Waals surface area contributed by atoms with Crippen LogP contribution in [0.2, 0.25) is 0 Å². The van der Waals surface area contributed by atoms with Crippen LogP contribution in [0.15, 0.2) is 48.9 Å². The topological polar surface area (TPSA) is 104 Å². The molecule has 0 bridgehead atoms. The molecule has 1 aromatic carbocycles. The lowest BCUT2D eigenvalue weighted by Gasteiger charge is -2.27. The Bertz CT molecular complexity index is 1440. The smallest absolute Gasteiger partial charge is 0.397 e. The van der Waals surface area contributed by atoms with E-state index < -0.39 is 18.2 Å². The molecule has 13 heteroatoms. The highest BCUT2D eigenvalue weighted by atomic mass is 35.5.